The second-order valence-electron chi connectivity index (χ2n) is 4.50. The van der Waals surface area contributed by atoms with Crippen LogP contribution >= 0.6 is 0 Å². The minimum atomic E-state index is -0.348. The smallest absolute Gasteiger partial charge is 0.327 e. The molecule has 3 saturated heterocycles. The van der Waals surface area contributed by atoms with E-state index in [9.17, 15) is 9.59 Å². The van der Waals surface area contributed by atoms with E-state index in [0.29, 0.717) is 26.2 Å². The van der Waals surface area contributed by atoms with Gasteiger partial charge < -0.3 is 14.4 Å². The molecule has 3 fully saturated rings. The summed E-state index contributed by atoms with van der Waals surface area (Å²) in [5, 5.41) is 0. The van der Waals surface area contributed by atoms with Gasteiger partial charge in [0.1, 0.15) is 6.04 Å². The Hall–Kier alpha value is -1.14. The second-order valence-corrected chi connectivity index (χ2v) is 4.50. The minimum Gasteiger partial charge on any atom is -0.373 e. The maximum Gasteiger partial charge on any atom is 0.327 e. The lowest BCUT2D eigenvalue weighted by Crippen LogP contribution is -2.35. The molecule has 3 unspecified atom stereocenters. The lowest BCUT2D eigenvalue weighted by atomic mass is 10.1. The molecule has 3 amide bonds. The minimum absolute atomic E-state index is 0.0530. The third-order valence-corrected chi connectivity index (χ3v) is 3.23. The van der Waals surface area contributed by atoms with E-state index < -0.39 is 0 Å². The van der Waals surface area contributed by atoms with Crippen molar-refractivity contribution in [2.24, 2.45) is 0 Å². The Labute approximate surface area is 93.1 Å². The van der Waals surface area contributed by atoms with Gasteiger partial charge in [0.2, 0.25) is 0 Å². The van der Waals surface area contributed by atoms with Crippen LogP contribution in [0.25, 0.3) is 0 Å². The third kappa shape index (κ3) is 1.68. The molecule has 0 bridgehead atoms. The summed E-state index contributed by atoms with van der Waals surface area (Å²) in [6.07, 6.45) is 0.821. The maximum atomic E-state index is 12.0. The zero-order chi connectivity index (χ0) is 11.3. The first kappa shape index (κ1) is 10.0. The Kier molecular flexibility index (Phi) is 2.15. The molecule has 0 saturated carbocycles. The lowest BCUT2D eigenvalue weighted by molar-refractivity contribution is -0.128. The second kappa shape index (κ2) is 3.43. The molecule has 3 rings (SSSR count). The van der Waals surface area contributed by atoms with Crippen LogP contribution in [0.4, 0.5) is 4.79 Å². The van der Waals surface area contributed by atoms with E-state index in [0.717, 1.165) is 0 Å². The number of amides is 3. The molecule has 6 heteroatoms. The van der Waals surface area contributed by atoms with Crippen LogP contribution in [0.5, 0.6) is 0 Å². The van der Waals surface area contributed by atoms with Crippen molar-refractivity contribution in [1.29, 1.82) is 0 Å². The molecular weight excluding hydrogens is 212 g/mol. The number of rotatable bonds is 4. The van der Waals surface area contributed by atoms with Crippen LogP contribution in [-0.4, -0.2) is 66.8 Å². The Bertz CT molecular complexity index is 338. The summed E-state index contributed by atoms with van der Waals surface area (Å²) in [5.41, 5.74) is 0. The van der Waals surface area contributed by atoms with Crippen LogP contribution in [-0.2, 0) is 14.3 Å². The van der Waals surface area contributed by atoms with Crippen molar-refractivity contribution >= 4 is 11.9 Å². The molecule has 0 aromatic carbocycles. The summed E-state index contributed by atoms with van der Waals surface area (Å²) < 4.78 is 10.1. The molecule has 0 aromatic rings. The van der Waals surface area contributed by atoms with Gasteiger partial charge in [0.15, 0.2) is 0 Å². The van der Waals surface area contributed by atoms with Gasteiger partial charge in [-0.2, -0.15) is 0 Å². The Morgan fingerprint density at radius 3 is 2.44 bits per heavy atom. The van der Waals surface area contributed by atoms with Crippen LogP contribution in [0.1, 0.15) is 6.42 Å². The third-order valence-electron chi connectivity index (χ3n) is 3.23. The number of ether oxygens (including phenoxy) is 2. The summed E-state index contributed by atoms with van der Waals surface area (Å²) in [4.78, 5) is 26.6. The SMILES string of the molecule is CN1C(=O)N(CC2CO2)C(=O)C1CC1CO1. The van der Waals surface area contributed by atoms with E-state index >= 15 is 0 Å². The fourth-order valence-corrected chi connectivity index (χ4v) is 2.02. The maximum absolute atomic E-state index is 12.0. The molecule has 16 heavy (non-hydrogen) atoms. The quantitative estimate of drug-likeness (QED) is 0.476. The van der Waals surface area contributed by atoms with Gasteiger partial charge in [-0.3, -0.25) is 9.69 Å². The molecule has 0 N–H and O–H groups in total. The highest BCUT2D eigenvalue weighted by atomic mass is 16.6. The zero-order valence-electron chi connectivity index (χ0n) is 9.09. The monoisotopic (exact) mass is 226 g/mol. The summed E-state index contributed by atoms with van der Waals surface area (Å²) in [6.45, 7) is 1.75. The van der Waals surface area contributed by atoms with Crippen LogP contribution in [0.3, 0.4) is 0 Å². The van der Waals surface area contributed by atoms with Crippen molar-refractivity contribution in [2.45, 2.75) is 24.7 Å². The first-order valence-corrected chi connectivity index (χ1v) is 5.48. The van der Waals surface area contributed by atoms with Crippen molar-refractivity contribution in [3.63, 3.8) is 0 Å². The molecule has 3 atom stereocenters. The lowest BCUT2D eigenvalue weighted by Gasteiger charge is -2.14. The Morgan fingerprint density at radius 1 is 1.25 bits per heavy atom. The summed E-state index contributed by atoms with van der Waals surface area (Å²) in [6, 6.07) is -0.565. The number of hydrogen-bond donors (Lipinski definition) is 0. The molecule has 3 aliphatic heterocycles. The molecule has 0 spiro atoms. The number of imide groups is 1. The number of nitrogens with zero attached hydrogens (tertiary/aromatic N) is 2. The molecule has 3 heterocycles. The standard InChI is InChI=1S/C10H14N2O4/c1-11-8(2-6-4-15-6)9(13)12(10(11)14)3-7-5-16-7/h6-8H,2-5H2,1H3. The molecular formula is C10H14N2O4. The summed E-state index contributed by atoms with van der Waals surface area (Å²) in [7, 11) is 1.67. The Balaban J connectivity index is 1.69. The molecule has 6 nitrogen and oxygen atoms in total. The highest BCUT2D eigenvalue weighted by Crippen LogP contribution is 2.26. The number of carbonyl (C=O) groups excluding carboxylic acids is 2. The number of likely N-dealkylation sites (N-methyl/N-ethyl adjacent to an activating group) is 1. The Morgan fingerprint density at radius 2 is 1.88 bits per heavy atom. The van der Waals surface area contributed by atoms with Crippen molar-refractivity contribution in [3.05, 3.63) is 0 Å². The molecule has 0 aliphatic carbocycles. The predicted octanol–water partition coefficient (Wildman–Crippen LogP) is -0.563. The number of epoxide rings is 2. The average molecular weight is 226 g/mol. The molecule has 3 aliphatic rings. The van der Waals surface area contributed by atoms with Crippen LogP contribution in [0.15, 0.2) is 0 Å². The average Bonchev–Trinajstić information content (AvgIpc) is 3.12. The molecule has 0 radical (unpaired) electrons. The van der Waals surface area contributed by atoms with E-state index in [-0.39, 0.29) is 30.2 Å². The molecule has 88 valence electrons. The van der Waals surface area contributed by atoms with Crippen LogP contribution in [0, 0.1) is 0 Å². The first-order chi connectivity index (χ1) is 7.66. The number of urea groups is 1. The fourth-order valence-electron chi connectivity index (χ4n) is 2.02. The van der Waals surface area contributed by atoms with Crippen LogP contribution < -0.4 is 0 Å². The fraction of sp³-hybridized carbons (Fsp3) is 0.800. The number of hydrogen-bond acceptors (Lipinski definition) is 4. The van der Waals surface area contributed by atoms with Gasteiger partial charge in [-0.15, -0.1) is 0 Å². The zero-order valence-corrected chi connectivity index (χ0v) is 9.09. The highest BCUT2D eigenvalue weighted by Gasteiger charge is 2.47. The van der Waals surface area contributed by atoms with E-state index in [1.807, 2.05) is 0 Å². The van der Waals surface area contributed by atoms with Crippen molar-refractivity contribution in [2.75, 3.05) is 26.8 Å². The van der Waals surface area contributed by atoms with E-state index in [1.54, 1.807) is 7.05 Å². The van der Waals surface area contributed by atoms with Crippen molar-refractivity contribution in [3.8, 4) is 0 Å². The summed E-state index contributed by atoms with van der Waals surface area (Å²) >= 11 is 0. The van der Waals surface area contributed by atoms with Gasteiger partial charge >= 0.3 is 6.03 Å². The van der Waals surface area contributed by atoms with Gasteiger partial charge in [-0.1, -0.05) is 0 Å². The van der Waals surface area contributed by atoms with E-state index in [1.165, 1.54) is 9.80 Å². The largest absolute Gasteiger partial charge is 0.373 e. The van der Waals surface area contributed by atoms with E-state index in [4.69, 9.17) is 9.47 Å². The first-order valence-electron chi connectivity index (χ1n) is 5.48. The van der Waals surface area contributed by atoms with Gasteiger partial charge in [-0.05, 0) is 0 Å². The number of carbonyl (C=O) groups is 2. The topological polar surface area (TPSA) is 65.7 Å². The normalized spacial score (nSPS) is 37.2. The van der Waals surface area contributed by atoms with Gasteiger partial charge in [0, 0.05) is 13.5 Å². The predicted molar refractivity (Wildman–Crippen MR) is 52.8 cm³/mol. The summed E-state index contributed by atoms with van der Waals surface area (Å²) in [5.74, 6) is -0.112. The van der Waals surface area contributed by atoms with E-state index in [2.05, 4.69) is 0 Å². The molecule has 0 aromatic heterocycles. The highest BCUT2D eigenvalue weighted by molar-refractivity contribution is 6.04. The van der Waals surface area contributed by atoms with Gasteiger partial charge in [0.25, 0.3) is 5.91 Å². The van der Waals surface area contributed by atoms with Crippen molar-refractivity contribution < 1.29 is 19.1 Å². The van der Waals surface area contributed by atoms with Crippen molar-refractivity contribution in [1.82, 2.24) is 9.80 Å². The van der Waals surface area contributed by atoms with Gasteiger partial charge in [0.05, 0.1) is 32.0 Å². The van der Waals surface area contributed by atoms with Crippen LogP contribution in [0.2, 0.25) is 0 Å². The van der Waals surface area contributed by atoms with Gasteiger partial charge in [-0.25, -0.2) is 4.79 Å².